The highest BCUT2D eigenvalue weighted by Crippen LogP contribution is 2.31. The first kappa shape index (κ1) is 19.6. The number of rotatable bonds is 7. The van der Waals surface area contributed by atoms with E-state index < -0.39 is 0 Å². The Balaban J connectivity index is 1.24. The van der Waals surface area contributed by atoms with Crippen LogP contribution in [0.1, 0.15) is 37.1 Å². The van der Waals surface area contributed by atoms with E-state index in [9.17, 15) is 4.79 Å². The summed E-state index contributed by atoms with van der Waals surface area (Å²) in [6.45, 7) is 9.94. The van der Waals surface area contributed by atoms with Crippen molar-refractivity contribution in [2.24, 2.45) is 11.8 Å². The molecule has 1 aromatic heterocycles. The van der Waals surface area contributed by atoms with Crippen LogP contribution in [0.3, 0.4) is 0 Å². The number of carbonyl (C=O) groups excluding carboxylic acids is 1. The molecule has 0 radical (unpaired) electrons. The van der Waals surface area contributed by atoms with Crippen LogP contribution in [0.5, 0.6) is 0 Å². The molecule has 4 rings (SSSR count). The van der Waals surface area contributed by atoms with Crippen molar-refractivity contribution in [3.8, 4) is 0 Å². The Morgan fingerprint density at radius 3 is 2.64 bits per heavy atom. The van der Waals surface area contributed by atoms with Gasteiger partial charge < -0.3 is 19.9 Å². The summed E-state index contributed by atoms with van der Waals surface area (Å²) in [5.74, 6) is 3.32. The molecule has 1 N–H and O–H groups in total. The molecule has 0 bridgehead atoms. The van der Waals surface area contributed by atoms with Crippen LogP contribution < -0.4 is 5.32 Å². The molecule has 1 saturated carbocycles. The molecule has 7 nitrogen and oxygen atoms in total. The molecule has 2 aliphatic heterocycles. The Bertz CT molecular complexity index is 685. The van der Waals surface area contributed by atoms with Crippen molar-refractivity contribution in [1.82, 2.24) is 19.8 Å². The number of piperidine rings is 1. The van der Waals surface area contributed by atoms with Gasteiger partial charge in [0.15, 0.2) is 0 Å². The molecule has 28 heavy (non-hydrogen) atoms. The summed E-state index contributed by atoms with van der Waals surface area (Å²) >= 11 is 0. The maximum Gasteiger partial charge on any atom is 0.248 e. The normalized spacial score (nSPS) is 24.6. The quantitative estimate of drug-likeness (QED) is 0.770. The number of ether oxygens (including phenoxy) is 1. The zero-order valence-electron chi connectivity index (χ0n) is 17.2. The predicted octanol–water partition coefficient (Wildman–Crippen LogP) is 1.85. The van der Waals surface area contributed by atoms with Gasteiger partial charge >= 0.3 is 0 Å². The van der Waals surface area contributed by atoms with Crippen LogP contribution in [0, 0.1) is 25.7 Å². The number of hydrogen-bond donors (Lipinski definition) is 1. The molecule has 2 saturated heterocycles. The monoisotopic (exact) mass is 387 g/mol. The summed E-state index contributed by atoms with van der Waals surface area (Å²) in [6, 6.07) is 0. The van der Waals surface area contributed by atoms with Gasteiger partial charge in [0.2, 0.25) is 5.91 Å². The van der Waals surface area contributed by atoms with E-state index in [4.69, 9.17) is 4.74 Å². The fourth-order valence-corrected chi connectivity index (χ4v) is 4.23. The van der Waals surface area contributed by atoms with Crippen LogP contribution in [0.25, 0.3) is 0 Å². The number of anilines is 1. The number of aromatic nitrogens is 2. The van der Waals surface area contributed by atoms with Crippen LogP contribution in [0.2, 0.25) is 0 Å². The van der Waals surface area contributed by atoms with Gasteiger partial charge in [0, 0.05) is 37.9 Å². The average Bonchev–Trinajstić information content (AvgIpc) is 3.50. The summed E-state index contributed by atoms with van der Waals surface area (Å²) in [4.78, 5) is 25.7. The van der Waals surface area contributed by atoms with E-state index in [1.807, 2.05) is 24.9 Å². The number of amides is 1. The average molecular weight is 388 g/mol. The van der Waals surface area contributed by atoms with Crippen LogP contribution >= 0.6 is 0 Å². The van der Waals surface area contributed by atoms with Crippen LogP contribution in [0.4, 0.5) is 5.82 Å². The Hall–Kier alpha value is -1.73. The summed E-state index contributed by atoms with van der Waals surface area (Å²) < 4.78 is 5.76. The number of hydrogen-bond acceptors (Lipinski definition) is 6. The number of nitrogens with zero attached hydrogens (tertiary/aromatic N) is 4. The summed E-state index contributed by atoms with van der Waals surface area (Å²) in [6.07, 6.45) is 7.09. The third-order valence-corrected chi connectivity index (χ3v) is 6.21. The highest BCUT2D eigenvalue weighted by Gasteiger charge is 2.31. The fraction of sp³-hybridized carbons (Fsp3) is 0.762. The molecule has 0 aromatic carbocycles. The van der Waals surface area contributed by atoms with Gasteiger partial charge in [0.25, 0.3) is 0 Å². The van der Waals surface area contributed by atoms with E-state index in [1.165, 1.54) is 45.3 Å². The summed E-state index contributed by atoms with van der Waals surface area (Å²) in [7, 11) is 0. The minimum atomic E-state index is 0.00215. The second kappa shape index (κ2) is 8.74. The Morgan fingerprint density at radius 2 is 1.89 bits per heavy atom. The molecule has 1 amide bonds. The molecule has 0 unspecified atom stereocenters. The van der Waals surface area contributed by atoms with Crippen molar-refractivity contribution in [2.45, 2.75) is 45.6 Å². The van der Waals surface area contributed by atoms with Crippen LogP contribution in [-0.4, -0.2) is 77.7 Å². The number of carbonyl (C=O) groups is 1. The maximum atomic E-state index is 12.4. The highest BCUT2D eigenvalue weighted by atomic mass is 16.5. The van der Waals surface area contributed by atoms with E-state index in [1.54, 1.807) is 0 Å². The molecule has 3 heterocycles. The van der Waals surface area contributed by atoms with Gasteiger partial charge in [-0.15, -0.1) is 0 Å². The lowest BCUT2D eigenvalue weighted by atomic mass is 9.95. The van der Waals surface area contributed by atoms with E-state index in [0.717, 1.165) is 29.7 Å². The van der Waals surface area contributed by atoms with Gasteiger partial charge in [-0.3, -0.25) is 4.79 Å². The van der Waals surface area contributed by atoms with E-state index in [2.05, 4.69) is 20.2 Å². The van der Waals surface area contributed by atoms with Gasteiger partial charge in [0.05, 0.1) is 6.10 Å². The molecular formula is C21H33N5O2. The SMILES string of the molecule is Cc1ncc(C)c(NC[C@@H]2CN(CC3CCN(CC4CC4)CC3)C(=O)CO2)n1. The molecule has 1 aromatic rings. The number of morpholine rings is 1. The van der Waals surface area contributed by atoms with E-state index in [-0.39, 0.29) is 18.6 Å². The Labute approximate surface area is 167 Å². The van der Waals surface area contributed by atoms with Gasteiger partial charge in [-0.1, -0.05) is 0 Å². The van der Waals surface area contributed by atoms with Gasteiger partial charge in [-0.25, -0.2) is 9.97 Å². The lowest BCUT2D eigenvalue weighted by Crippen LogP contribution is -2.51. The zero-order chi connectivity index (χ0) is 19.5. The minimum Gasteiger partial charge on any atom is -0.367 e. The second-order valence-electron chi connectivity index (χ2n) is 8.75. The molecular weight excluding hydrogens is 354 g/mol. The molecule has 1 aliphatic carbocycles. The predicted molar refractivity (Wildman–Crippen MR) is 108 cm³/mol. The van der Waals surface area contributed by atoms with Crippen molar-refractivity contribution < 1.29 is 9.53 Å². The first-order chi connectivity index (χ1) is 13.6. The van der Waals surface area contributed by atoms with Gasteiger partial charge in [-0.2, -0.15) is 0 Å². The molecule has 154 valence electrons. The Kier molecular flexibility index (Phi) is 6.11. The number of likely N-dealkylation sites (tertiary alicyclic amines) is 1. The van der Waals surface area contributed by atoms with Crippen molar-refractivity contribution in [3.63, 3.8) is 0 Å². The smallest absolute Gasteiger partial charge is 0.248 e. The van der Waals surface area contributed by atoms with Crippen molar-refractivity contribution in [3.05, 3.63) is 17.6 Å². The molecule has 7 heteroatoms. The maximum absolute atomic E-state index is 12.4. The number of nitrogens with one attached hydrogen (secondary N) is 1. The lowest BCUT2D eigenvalue weighted by molar-refractivity contribution is -0.149. The molecule has 3 aliphatic rings. The first-order valence-corrected chi connectivity index (χ1v) is 10.7. The van der Waals surface area contributed by atoms with E-state index >= 15 is 0 Å². The second-order valence-corrected chi connectivity index (χ2v) is 8.75. The largest absolute Gasteiger partial charge is 0.367 e. The zero-order valence-corrected chi connectivity index (χ0v) is 17.2. The first-order valence-electron chi connectivity index (χ1n) is 10.7. The Morgan fingerprint density at radius 1 is 1.14 bits per heavy atom. The van der Waals surface area contributed by atoms with Gasteiger partial charge in [-0.05, 0) is 64.5 Å². The number of aryl methyl sites for hydroxylation is 2. The third-order valence-electron chi connectivity index (χ3n) is 6.21. The minimum absolute atomic E-state index is 0.00215. The van der Waals surface area contributed by atoms with Gasteiger partial charge in [0.1, 0.15) is 18.2 Å². The van der Waals surface area contributed by atoms with E-state index in [0.29, 0.717) is 19.0 Å². The van der Waals surface area contributed by atoms with Crippen molar-refractivity contribution >= 4 is 11.7 Å². The topological polar surface area (TPSA) is 70.6 Å². The summed E-state index contributed by atoms with van der Waals surface area (Å²) in [5, 5.41) is 3.37. The van der Waals surface area contributed by atoms with Crippen molar-refractivity contribution in [1.29, 1.82) is 0 Å². The van der Waals surface area contributed by atoms with Crippen LogP contribution in [-0.2, 0) is 9.53 Å². The molecule has 0 spiro atoms. The lowest BCUT2D eigenvalue weighted by Gasteiger charge is -2.38. The fourth-order valence-electron chi connectivity index (χ4n) is 4.23. The molecule has 1 atom stereocenters. The van der Waals surface area contributed by atoms with Crippen molar-refractivity contribution in [2.75, 3.05) is 51.2 Å². The molecule has 3 fully saturated rings. The van der Waals surface area contributed by atoms with Crippen LogP contribution in [0.15, 0.2) is 6.20 Å². The summed E-state index contributed by atoms with van der Waals surface area (Å²) in [5.41, 5.74) is 1.02. The third kappa shape index (κ3) is 5.20. The highest BCUT2D eigenvalue weighted by molar-refractivity contribution is 5.78. The standard InChI is InChI=1S/C21H33N5O2/c1-15-9-22-16(2)24-21(15)23-10-19-13-26(20(27)14-28-19)12-18-5-7-25(8-6-18)11-17-3-4-17/h9,17-19H,3-8,10-14H2,1-2H3,(H,22,23,24)/t19-/m1/s1.